The largest absolute Gasteiger partial charge is 0.357 e. The third-order valence-corrected chi connectivity index (χ3v) is 2.92. The molecular formula is C11H17N5O. The van der Waals surface area contributed by atoms with Crippen molar-refractivity contribution in [1.82, 2.24) is 20.6 Å². The van der Waals surface area contributed by atoms with Gasteiger partial charge in [-0.3, -0.25) is 9.78 Å². The molecule has 1 aromatic heterocycles. The number of piperazine rings is 1. The molecule has 2 heterocycles. The van der Waals surface area contributed by atoms with Crippen molar-refractivity contribution in [2.24, 2.45) is 0 Å². The number of carbonyl (C=O) groups excluding carboxylic acids is 1. The molecule has 1 fully saturated rings. The van der Waals surface area contributed by atoms with Gasteiger partial charge in [-0.25, -0.2) is 4.98 Å². The van der Waals surface area contributed by atoms with E-state index >= 15 is 0 Å². The molecule has 0 aromatic carbocycles. The molecule has 1 aromatic rings. The summed E-state index contributed by atoms with van der Waals surface area (Å²) in [7, 11) is 1.65. The Morgan fingerprint density at radius 2 is 2.29 bits per heavy atom. The second-order valence-corrected chi connectivity index (χ2v) is 3.99. The number of nitrogens with zero attached hydrogens (tertiary/aromatic N) is 3. The minimum atomic E-state index is -0.218. The average molecular weight is 235 g/mol. The molecule has 2 rings (SSSR count). The fraction of sp³-hybridized carbons (Fsp3) is 0.545. The van der Waals surface area contributed by atoms with Crippen LogP contribution in [0, 0.1) is 6.92 Å². The van der Waals surface area contributed by atoms with Crippen LogP contribution in [0.2, 0.25) is 0 Å². The molecule has 92 valence electrons. The molecule has 6 heteroatoms. The predicted octanol–water partition coefficient (Wildman–Crippen LogP) is -0.691. The second-order valence-electron chi connectivity index (χ2n) is 3.99. The highest BCUT2D eigenvalue weighted by atomic mass is 16.2. The zero-order chi connectivity index (χ0) is 12.3. The Balaban J connectivity index is 2.28. The second kappa shape index (κ2) is 5.09. The molecule has 0 radical (unpaired) electrons. The van der Waals surface area contributed by atoms with E-state index in [0.717, 1.165) is 24.6 Å². The minimum Gasteiger partial charge on any atom is -0.357 e. The number of aryl methyl sites for hydroxylation is 1. The number of anilines is 1. The molecule has 0 aliphatic carbocycles. The number of amides is 1. The Hall–Kier alpha value is -1.69. The third kappa shape index (κ3) is 2.36. The van der Waals surface area contributed by atoms with E-state index in [4.69, 9.17) is 0 Å². The SMILES string of the molecule is CNC(=O)C1CNCCN1c1nccnc1C. The van der Waals surface area contributed by atoms with Crippen LogP contribution in [0.3, 0.4) is 0 Å². The molecule has 1 saturated heterocycles. The van der Waals surface area contributed by atoms with Crippen molar-refractivity contribution >= 4 is 11.7 Å². The Kier molecular flexibility index (Phi) is 3.53. The summed E-state index contributed by atoms with van der Waals surface area (Å²) < 4.78 is 0. The molecule has 1 aliphatic rings. The predicted molar refractivity (Wildman–Crippen MR) is 64.8 cm³/mol. The topological polar surface area (TPSA) is 70.2 Å². The molecule has 1 aliphatic heterocycles. The van der Waals surface area contributed by atoms with E-state index in [1.54, 1.807) is 19.4 Å². The summed E-state index contributed by atoms with van der Waals surface area (Å²) in [5, 5.41) is 5.90. The Labute approximate surface area is 100 Å². The number of carbonyl (C=O) groups is 1. The van der Waals surface area contributed by atoms with Crippen LogP contribution in [-0.2, 0) is 4.79 Å². The van der Waals surface area contributed by atoms with E-state index in [9.17, 15) is 4.79 Å². The lowest BCUT2D eigenvalue weighted by atomic mass is 10.1. The van der Waals surface area contributed by atoms with Gasteiger partial charge in [0.1, 0.15) is 6.04 Å². The van der Waals surface area contributed by atoms with Crippen LogP contribution < -0.4 is 15.5 Å². The van der Waals surface area contributed by atoms with Gasteiger partial charge in [0.05, 0.1) is 5.69 Å². The van der Waals surface area contributed by atoms with Gasteiger partial charge in [-0.1, -0.05) is 0 Å². The fourth-order valence-corrected chi connectivity index (χ4v) is 2.04. The van der Waals surface area contributed by atoms with E-state index in [2.05, 4.69) is 20.6 Å². The quantitative estimate of drug-likeness (QED) is 0.710. The van der Waals surface area contributed by atoms with Crippen LogP contribution in [-0.4, -0.2) is 48.6 Å². The average Bonchev–Trinajstić information content (AvgIpc) is 2.38. The van der Waals surface area contributed by atoms with E-state index in [1.165, 1.54) is 0 Å². The van der Waals surface area contributed by atoms with Gasteiger partial charge in [0.2, 0.25) is 5.91 Å². The van der Waals surface area contributed by atoms with E-state index in [1.807, 2.05) is 11.8 Å². The number of likely N-dealkylation sites (N-methyl/N-ethyl adjacent to an activating group) is 1. The van der Waals surface area contributed by atoms with Crippen molar-refractivity contribution in [2.45, 2.75) is 13.0 Å². The summed E-state index contributed by atoms with van der Waals surface area (Å²) in [4.78, 5) is 22.4. The molecule has 2 N–H and O–H groups in total. The standard InChI is InChI=1S/C11H17N5O/c1-8-10(15-4-3-14-8)16-6-5-13-7-9(16)11(17)12-2/h3-4,9,13H,5-7H2,1-2H3,(H,12,17). The lowest BCUT2D eigenvalue weighted by molar-refractivity contribution is -0.122. The summed E-state index contributed by atoms with van der Waals surface area (Å²) in [5.74, 6) is 0.796. The number of nitrogens with one attached hydrogen (secondary N) is 2. The lowest BCUT2D eigenvalue weighted by Gasteiger charge is -2.36. The van der Waals surface area contributed by atoms with Gasteiger partial charge >= 0.3 is 0 Å². The van der Waals surface area contributed by atoms with Gasteiger partial charge < -0.3 is 15.5 Å². The van der Waals surface area contributed by atoms with Gasteiger partial charge in [-0.05, 0) is 6.92 Å². The monoisotopic (exact) mass is 235 g/mol. The van der Waals surface area contributed by atoms with Crippen molar-refractivity contribution < 1.29 is 4.79 Å². The summed E-state index contributed by atoms with van der Waals surface area (Å²) in [6.07, 6.45) is 3.32. The normalized spacial score (nSPS) is 20.1. The number of hydrogen-bond donors (Lipinski definition) is 2. The first kappa shape index (κ1) is 11.8. The molecule has 0 saturated carbocycles. The van der Waals surface area contributed by atoms with Crippen molar-refractivity contribution in [2.75, 3.05) is 31.6 Å². The van der Waals surface area contributed by atoms with Gasteiger partial charge in [-0.2, -0.15) is 0 Å². The van der Waals surface area contributed by atoms with Gasteiger partial charge in [0.25, 0.3) is 0 Å². The molecule has 1 amide bonds. The highest BCUT2D eigenvalue weighted by molar-refractivity contribution is 5.85. The molecular weight excluding hydrogens is 218 g/mol. The van der Waals surface area contributed by atoms with Crippen LogP contribution >= 0.6 is 0 Å². The van der Waals surface area contributed by atoms with Crippen molar-refractivity contribution in [3.8, 4) is 0 Å². The van der Waals surface area contributed by atoms with E-state index < -0.39 is 0 Å². The first-order valence-corrected chi connectivity index (χ1v) is 5.70. The Bertz CT molecular complexity index is 409. The lowest BCUT2D eigenvalue weighted by Crippen LogP contribution is -2.58. The maximum absolute atomic E-state index is 11.8. The number of rotatable bonds is 2. The maximum Gasteiger partial charge on any atom is 0.243 e. The summed E-state index contributed by atoms with van der Waals surface area (Å²) >= 11 is 0. The zero-order valence-electron chi connectivity index (χ0n) is 10.1. The molecule has 6 nitrogen and oxygen atoms in total. The smallest absolute Gasteiger partial charge is 0.243 e. The van der Waals surface area contributed by atoms with Crippen LogP contribution in [0.1, 0.15) is 5.69 Å². The Morgan fingerprint density at radius 1 is 1.53 bits per heavy atom. The van der Waals surface area contributed by atoms with Crippen LogP contribution in [0.5, 0.6) is 0 Å². The zero-order valence-corrected chi connectivity index (χ0v) is 10.1. The van der Waals surface area contributed by atoms with Crippen LogP contribution in [0.25, 0.3) is 0 Å². The van der Waals surface area contributed by atoms with E-state index in [-0.39, 0.29) is 11.9 Å². The molecule has 0 bridgehead atoms. The van der Waals surface area contributed by atoms with Gasteiger partial charge in [0, 0.05) is 39.1 Å². The maximum atomic E-state index is 11.8. The Morgan fingerprint density at radius 3 is 3.00 bits per heavy atom. The molecule has 0 spiro atoms. The third-order valence-electron chi connectivity index (χ3n) is 2.92. The highest BCUT2D eigenvalue weighted by Crippen LogP contribution is 2.18. The number of hydrogen-bond acceptors (Lipinski definition) is 5. The van der Waals surface area contributed by atoms with Gasteiger partial charge in [-0.15, -0.1) is 0 Å². The molecule has 1 atom stereocenters. The van der Waals surface area contributed by atoms with Crippen molar-refractivity contribution in [3.63, 3.8) is 0 Å². The van der Waals surface area contributed by atoms with Crippen molar-refractivity contribution in [3.05, 3.63) is 18.1 Å². The summed E-state index contributed by atoms with van der Waals surface area (Å²) in [5.41, 5.74) is 0.850. The van der Waals surface area contributed by atoms with E-state index in [0.29, 0.717) is 6.54 Å². The first-order valence-electron chi connectivity index (χ1n) is 5.70. The first-order chi connectivity index (χ1) is 8.24. The van der Waals surface area contributed by atoms with Crippen molar-refractivity contribution in [1.29, 1.82) is 0 Å². The fourth-order valence-electron chi connectivity index (χ4n) is 2.04. The summed E-state index contributed by atoms with van der Waals surface area (Å²) in [6.45, 7) is 4.15. The molecule has 17 heavy (non-hydrogen) atoms. The minimum absolute atomic E-state index is 0.00209. The highest BCUT2D eigenvalue weighted by Gasteiger charge is 2.29. The summed E-state index contributed by atoms with van der Waals surface area (Å²) in [6, 6.07) is -0.218. The van der Waals surface area contributed by atoms with Crippen LogP contribution in [0.4, 0.5) is 5.82 Å². The van der Waals surface area contributed by atoms with Crippen LogP contribution in [0.15, 0.2) is 12.4 Å². The number of aromatic nitrogens is 2. The molecule has 1 unspecified atom stereocenters. The van der Waals surface area contributed by atoms with Gasteiger partial charge in [0.15, 0.2) is 5.82 Å².